The zero-order chi connectivity index (χ0) is 28.5. The molecule has 0 heterocycles. The molecule has 4 aliphatic carbocycles. The molecule has 7 atom stereocenters. The molecule has 0 amide bonds. The van der Waals surface area contributed by atoms with E-state index in [2.05, 4.69) is 39.0 Å². The Kier molecular flexibility index (Phi) is 8.53. The number of ether oxygens (including phenoxy) is 2. The van der Waals surface area contributed by atoms with Crippen LogP contribution in [-0.4, -0.2) is 35.7 Å². The molecule has 0 aromatic heterocycles. The topological polar surface area (TPSA) is 72.8 Å². The summed E-state index contributed by atoms with van der Waals surface area (Å²) in [6.45, 7) is 9.65. The van der Waals surface area contributed by atoms with Crippen molar-refractivity contribution in [3.05, 3.63) is 41.5 Å². The second-order valence-corrected chi connectivity index (χ2v) is 13.9. The van der Waals surface area contributed by atoms with Gasteiger partial charge in [0.1, 0.15) is 5.75 Å². The minimum Gasteiger partial charge on any atom is -0.494 e. The number of ketones is 1. The van der Waals surface area contributed by atoms with E-state index in [0.717, 1.165) is 57.1 Å². The number of benzene rings is 1. The Morgan fingerprint density at radius 2 is 1.88 bits per heavy atom. The quantitative estimate of drug-likeness (QED) is 0.246. The summed E-state index contributed by atoms with van der Waals surface area (Å²) < 4.78 is 10.9. The predicted molar refractivity (Wildman–Crippen MR) is 157 cm³/mol. The van der Waals surface area contributed by atoms with E-state index in [9.17, 15) is 14.7 Å². The molecule has 1 N–H and O–H groups in total. The molecule has 0 unspecified atom stereocenters. The van der Waals surface area contributed by atoms with Crippen molar-refractivity contribution >= 4 is 11.8 Å². The molecular formula is C35H50O5. The largest absolute Gasteiger partial charge is 0.494 e. The Morgan fingerprint density at radius 3 is 2.67 bits per heavy atom. The van der Waals surface area contributed by atoms with Crippen molar-refractivity contribution in [1.82, 2.24) is 0 Å². The maximum Gasteiger partial charge on any atom is 0.305 e. The predicted octanol–water partition coefficient (Wildman–Crippen LogP) is 7.24. The van der Waals surface area contributed by atoms with E-state index < -0.39 is 5.60 Å². The monoisotopic (exact) mass is 550 g/mol. The minimum atomic E-state index is -0.580. The van der Waals surface area contributed by atoms with E-state index >= 15 is 0 Å². The van der Waals surface area contributed by atoms with E-state index in [1.807, 2.05) is 19.1 Å². The molecule has 3 saturated carbocycles. The fraction of sp³-hybridized carbons (Fsp3) is 0.714. The summed E-state index contributed by atoms with van der Waals surface area (Å²) in [6.07, 6.45) is 13.4. The molecule has 1 aromatic rings. The number of aliphatic hydroxyl groups is 1. The first-order valence-corrected chi connectivity index (χ1v) is 15.9. The highest BCUT2D eigenvalue weighted by atomic mass is 16.5. The van der Waals surface area contributed by atoms with Crippen LogP contribution in [0, 0.1) is 34.5 Å². The van der Waals surface area contributed by atoms with Gasteiger partial charge in [-0.15, -0.1) is 0 Å². The van der Waals surface area contributed by atoms with Crippen LogP contribution in [-0.2, 0) is 20.7 Å². The van der Waals surface area contributed by atoms with E-state index in [1.165, 1.54) is 17.6 Å². The fourth-order valence-corrected chi connectivity index (χ4v) is 9.24. The molecule has 5 rings (SSSR count). The second-order valence-electron chi connectivity index (χ2n) is 13.9. The van der Waals surface area contributed by atoms with Gasteiger partial charge in [-0.05, 0) is 136 Å². The van der Waals surface area contributed by atoms with Crippen molar-refractivity contribution in [2.45, 2.75) is 110 Å². The van der Waals surface area contributed by atoms with Crippen LogP contribution in [0.15, 0.2) is 35.9 Å². The SMILES string of the molecule is CCOC(=O)CCCOc1cccc(CCC[C@@H]2CC3=CC(=O)CC[C@]3(C)[C@H]3CC[C@@]4(C)[C@@H](CC[C@]4(C)O)[C@H]23)c1. The second kappa shape index (κ2) is 11.6. The molecule has 0 aliphatic heterocycles. The normalized spacial score (nSPS) is 36.7. The van der Waals surface area contributed by atoms with E-state index in [-0.39, 0.29) is 16.8 Å². The average molecular weight is 551 g/mol. The summed E-state index contributed by atoms with van der Waals surface area (Å²) in [4.78, 5) is 24.0. The molecule has 3 fully saturated rings. The summed E-state index contributed by atoms with van der Waals surface area (Å²) in [7, 11) is 0. The van der Waals surface area contributed by atoms with Crippen molar-refractivity contribution in [3.63, 3.8) is 0 Å². The highest BCUT2D eigenvalue weighted by Crippen LogP contribution is 2.69. The van der Waals surface area contributed by atoms with Gasteiger partial charge in [-0.25, -0.2) is 0 Å². The standard InChI is InChI=1S/C35H50O5/c1-5-39-31(37)13-8-20-40-28-12-7-10-24(21-28)9-6-11-25-22-26-23-27(36)14-17-33(26,2)29-15-18-34(3)30(32(25)29)16-19-35(34,4)38/h7,10,12,21,23,25,29-30,32,38H,5-6,8-9,11,13-20,22H2,1-4H3/t25-,29+,30+,32-,33+,34+,35+/m1/s1. The molecule has 4 aliphatic rings. The van der Waals surface area contributed by atoms with Gasteiger partial charge in [-0.2, -0.15) is 0 Å². The molecular weight excluding hydrogens is 500 g/mol. The number of hydrogen-bond donors (Lipinski definition) is 1. The molecule has 40 heavy (non-hydrogen) atoms. The van der Waals surface area contributed by atoms with E-state index in [4.69, 9.17) is 9.47 Å². The van der Waals surface area contributed by atoms with Crippen molar-refractivity contribution in [3.8, 4) is 5.75 Å². The first-order valence-electron chi connectivity index (χ1n) is 15.9. The smallest absolute Gasteiger partial charge is 0.305 e. The van der Waals surface area contributed by atoms with Crippen LogP contribution in [0.2, 0.25) is 0 Å². The van der Waals surface area contributed by atoms with Crippen molar-refractivity contribution in [2.75, 3.05) is 13.2 Å². The summed E-state index contributed by atoms with van der Waals surface area (Å²) >= 11 is 0. The molecule has 220 valence electrons. The third kappa shape index (κ3) is 5.52. The van der Waals surface area contributed by atoms with Crippen LogP contribution in [0.1, 0.15) is 104 Å². The lowest BCUT2D eigenvalue weighted by atomic mass is 9.44. The van der Waals surface area contributed by atoms with E-state index in [1.54, 1.807) is 0 Å². The van der Waals surface area contributed by atoms with Gasteiger partial charge < -0.3 is 14.6 Å². The summed E-state index contributed by atoms with van der Waals surface area (Å²) in [5.41, 5.74) is 2.26. The van der Waals surface area contributed by atoms with Gasteiger partial charge in [0, 0.05) is 12.8 Å². The van der Waals surface area contributed by atoms with Crippen LogP contribution in [0.5, 0.6) is 5.75 Å². The van der Waals surface area contributed by atoms with Gasteiger partial charge in [0.15, 0.2) is 5.78 Å². The molecule has 0 radical (unpaired) electrons. The molecule has 1 aromatic carbocycles. The number of aryl methyl sites for hydroxylation is 1. The Morgan fingerprint density at radius 1 is 1.07 bits per heavy atom. The molecule has 0 spiro atoms. The Balaban J connectivity index is 1.25. The average Bonchev–Trinajstić information content (AvgIpc) is 3.16. The van der Waals surface area contributed by atoms with Gasteiger partial charge in [-0.3, -0.25) is 9.59 Å². The Hall–Kier alpha value is -2.14. The molecule has 0 bridgehead atoms. The highest BCUT2D eigenvalue weighted by molar-refractivity contribution is 5.91. The summed E-state index contributed by atoms with van der Waals surface area (Å²) in [6, 6.07) is 8.37. The van der Waals surface area contributed by atoms with Gasteiger partial charge in [-0.1, -0.05) is 31.6 Å². The number of rotatable bonds is 10. The number of hydrogen-bond acceptors (Lipinski definition) is 5. The first-order chi connectivity index (χ1) is 19.1. The van der Waals surface area contributed by atoms with Crippen LogP contribution in [0.4, 0.5) is 0 Å². The van der Waals surface area contributed by atoms with Crippen LogP contribution < -0.4 is 4.74 Å². The maximum atomic E-state index is 12.5. The van der Waals surface area contributed by atoms with Crippen molar-refractivity contribution < 1.29 is 24.2 Å². The van der Waals surface area contributed by atoms with Crippen molar-refractivity contribution in [2.24, 2.45) is 34.5 Å². The van der Waals surface area contributed by atoms with Crippen LogP contribution >= 0.6 is 0 Å². The minimum absolute atomic E-state index is 0.00652. The maximum absolute atomic E-state index is 12.5. The number of carbonyl (C=O) groups is 2. The fourth-order valence-electron chi connectivity index (χ4n) is 9.24. The van der Waals surface area contributed by atoms with Crippen LogP contribution in [0.25, 0.3) is 0 Å². The Bertz CT molecular complexity index is 1120. The number of carbonyl (C=O) groups excluding carboxylic acids is 2. The third-order valence-corrected chi connectivity index (χ3v) is 11.7. The highest BCUT2D eigenvalue weighted by Gasteiger charge is 2.64. The van der Waals surface area contributed by atoms with E-state index in [0.29, 0.717) is 61.9 Å². The lowest BCUT2D eigenvalue weighted by Gasteiger charge is -2.61. The zero-order valence-corrected chi connectivity index (χ0v) is 25.2. The first kappa shape index (κ1) is 29.4. The molecule has 5 heteroatoms. The van der Waals surface area contributed by atoms with Gasteiger partial charge >= 0.3 is 5.97 Å². The molecule has 0 saturated heterocycles. The number of esters is 1. The number of fused-ring (bicyclic) bond motifs is 5. The lowest BCUT2D eigenvalue weighted by molar-refractivity contribution is -0.143. The summed E-state index contributed by atoms with van der Waals surface area (Å²) in [5, 5.41) is 11.4. The van der Waals surface area contributed by atoms with Gasteiger partial charge in [0.05, 0.1) is 18.8 Å². The van der Waals surface area contributed by atoms with Gasteiger partial charge in [0.2, 0.25) is 0 Å². The van der Waals surface area contributed by atoms with Gasteiger partial charge in [0.25, 0.3) is 0 Å². The summed E-state index contributed by atoms with van der Waals surface area (Å²) in [5.74, 6) is 3.37. The number of allylic oxidation sites excluding steroid dienone is 1. The van der Waals surface area contributed by atoms with Crippen molar-refractivity contribution in [1.29, 1.82) is 0 Å². The lowest BCUT2D eigenvalue weighted by Crippen LogP contribution is -2.56. The van der Waals surface area contributed by atoms with Crippen LogP contribution in [0.3, 0.4) is 0 Å². The molecule has 5 nitrogen and oxygen atoms in total. The zero-order valence-electron chi connectivity index (χ0n) is 25.2. The third-order valence-electron chi connectivity index (χ3n) is 11.7. The Labute approximate surface area is 241 Å².